The number of carbonyl (C=O) groups excluding carboxylic acids is 1. The summed E-state index contributed by atoms with van der Waals surface area (Å²) < 4.78 is 35.3. The number of aliphatic hydroxyl groups is 1. The van der Waals surface area contributed by atoms with Crippen molar-refractivity contribution in [1.29, 1.82) is 0 Å². The third kappa shape index (κ3) is 4.96. The number of fused-ring (bicyclic) bond motifs is 5. The molecule has 5 aliphatic rings. The van der Waals surface area contributed by atoms with Gasteiger partial charge in [-0.1, -0.05) is 24.6 Å². The fourth-order valence-electron chi connectivity index (χ4n) is 9.17. The highest BCUT2D eigenvalue weighted by atomic mass is 35.5. The maximum absolute atomic E-state index is 13.4. The molecule has 2 bridgehead atoms. The largest absolute Gasteiger partial charge is 0.490 e. The Labute approximate surface area is 260 Å². The van der Waals surface area contributed by atoms with Crippen molar-refractivity contribution in [2.24, 2.45) is 29.6 Å². The van der Waals surface area contributed by atoms with E-state index in [-0.39, 0.29) is 23.2 Å². The van der Waals surface area contributed by atoms with E-state index in [0.29, 0.717) is 42.7 Å². The van der Waals surface area contributed by atoms with E-state index in [4.69, 9.17) is 16.3 Å². The van der Waals surface area contributed by atoms with Crippen molar-refractivity contribution in [3.05, 3.63) is 58.1 Å². The smallest absolute Gasteiger partial charge is 0.264 e. The molecule has 2 N–H and O–H groups in total. The van der Waals surface area contributed by atoms with E-state index in [2.05, 4.69) is 28.7 Å². The number of benzene rings is 2. The van der Waals surface area contributed by atoms with Crippen LogP contribution in [0.2, 0.25) is 5.02 Å². The molecular formula is C34H43ClN2O5S. The first-order valence-electron chi connectivity index (χ1n) is 16.0. The van der Waals surface area contributed by atoms with Crippen molar-refractivity contribution >= 4 is 33.2 Å². The summed E-state index contributed by atoms with van der Waals surface area (Å²) in [4.78, 5) is 15.7. The minimum Gasteiger partial charge on any atom is -0.490 e. The molecule has 0 radical (unpaired) electrons. The van der Waals surface area contributed by atoms with Gasteiger partial charge < -0.3 is 14.7 Å². The van der Waals surface area contributed by atoms with E-state index in [1.165, 1.54) is 11.1 Å². The van der Waals surface area contributed by atoms with Gasteiger partial charge in [-0.05, 0) is 130 Å². The molecule has 2 aromatic rings. The van der Waals surface area contributed by atoms with Gasteiger partial charge >= 0.3 is 0 Å². The van der Waals surface area contributed by atoms with Crippen LogP contribution in [0, 0.1) is 29.6 Å². The van der Waals surface area contributed by atoms with Crippen LogP contribution in [0.4, 0.5) is 5.69 Å². The zero-order chi connectivity index (χ0) is 30.3. The number of nitrogens with zero attached hydrogens (tertiary/aromatic N) is 1. The maximum atomic E-state index is 13.4. The molecule has 232 valence electrons. The van der Waals surface area contributed by atoms with E-state index < -0.39 is 26.8 Å². The number of rotatable bonds is 0. The number of hydrogen-bond acceptors (Lipinski definition) is 6. The lowest BCUT2D eigenvalue weighted by atomic mass is 9.63. The standard InChI is InChI=1S/C34H43ClN2O5S/c1-20-6-10-26-21(2)31(26)33(3,39)27-11-7-24(27)17-37-18-34(14-4-5-22-15-25(35)9-12-28(22)34)19-42-30-13-8-23(16-29(30)37)32(38)36-43(20,40)41/h8-9,12-13,15-16,20-21,24,26-27,31,39H,4-7,10-11,14,17-19H2,1-3H3,(H,36,38)/t20-,21+,24+,26?,27-,31?,33-,34+/m1/s1. The predicted octanol–water partition coefficient (Wildman–Crippen LogP) is 5.71. The number of nitrogens with one attached hydrogen (secondary N) is 1. The summed E-state index contributed by atoms with van der Waals surface area (Å²) in [6.45, 7) is 7.84. The second-order valence-corrected chi connectivity index (χ2v) is 16.9. The third-order valence-corrected chi connectivity index (χ3v) is 13.8. The molecule has 2 aliphatic heterocycles. The highest BCUT2D eigenvalue weighted by molar-refractivity contribution is 7.90. The molecule has 7 nitrogen and oxygen atoms in total. The Morgan fingerprint density at radius 3 is 2.67 bits per heavy atom. The Balaban J connectivity index is 1.31. The Morgan fingerprint density at radius 1 is 1.09 bits per heavy atom. The number of carbonyl (C=O) groups is 1. The third-order valence-electron chi connectivity index (χ3n) is 11.8. The van der Waals surface area contributed by atoms with Gasteiger partial charge in [-0.25, -0.2) is 13.1 Å². The molecule has 2 fully saturated rings. The monoisotopic (exact) mass is 626 g/mol. The first kappa shape index (κ1) is 29.4. The van der Waals surface area contributed by atoms with Crippen LogP contribution in [0.15, 0.2) is 36.4 Å². The average molecular weight is 627 g/mol. The summed E-state index contributed by atoms with van der Waals surface area (Å²) >= 11 is 6.41. The first-order chi connectivity index (χ1) is 20.4. The van der Waals surface area contributed by atoms with Gasteiger partial charge in [0.25, 0.3) is 5.91 Å². The second kappa shape index (κ2) is 10.4. The number of anilines is 1. The van der Waals surface area contributed by atoms with Crippen LogP contribution in [0.3, 0.4) is 0 Å². The molecule has 2 saturated carbocycles. The SMILES string of the molecule is C[C@H]1C2CC[C@@H](C)S(=O)(=O)NC(=O)c3ccc4c(c3)N(C[C@@H]3CC[C@H]3[C@@](C)(O)C21)C[C@@]1(CCCc2cc(Cl)ccc21)CO4. The normalized spacial score (nSPS) is 38.3. The van der Waals surface area contributed by atoms with Crippen LogP contribution in [0.5, 0.6) is 5.75 Å². The highest BCUT2D eigenvalue weighted by Crippen LogP contribution is 2.61. The molecular weight excluding hydrogens is 584 g/mol. The van der Waals surface area contributed by atoms with Crippen LogP contribution in [0.25, 0.3) is 0 Å². The molecule has 1 amide bonds. The summed E-state index contributed by atoms with van der Waals surface area (Å²) in [6, 6.07) is 11.5. The predicted molar refractivity (Wildman–Crippen MR) is 168 cm³/mol. The van der Waals surface area contributed by atoms with Crippen molar-refractivity contribution in [1.82, 2.24) is 4.72 Å². The lowest BCUT2D eigenvalue weighted by Crippen LogP contribution is -2.53. The zero-order valence-electron chi connectivity index (χ0n) is 25.3. The summed E-state index contributed by atoms with van der Waals surface area (Å²) in [5, 5.41) is 12.1. The van der Waals surface area contributed by atoms with Gasteiger partial charge in [0.1, 0.15) is 5.75 Å². The lowest BCUT2D eigenvalue weighted by molar-refractivity contribution is -0.0891. The maximum Gasteiger partial charge on any atom is 0.264 e. The minimum absolute atomic E-state index is 0.158. The van der Waals surface area contributed by atoms with Gasteiger partial charge in [0.2, 0.25) is 10.0 Å². The number of amides is 1. The summed E-state index contributed by atoms with van der Waals surface area (Å²) in [6.07, 6.45) is 6.21. The van der Waals surface area contributed by atoms with Gasteiger partial charge in [-0.3, -0.25) is 4.79 Å². The van der Waals surface area contributed by atoms with Gasteiger partial charge in [0.05, 0.1) is 23.1 Å². The Kier molecular flexibility index (Phi) is 7.10. The Bertz CT molecular complexity index is 1560. The molecule has 7 rings (SSSR count). The Hall–Kier alpha value is -2.29. The van der Waals surface area contributed by atoms with Crippen LogP contribution in [-0.2, 0) is 21.9 Å². The molecule has 2 heterocycles. The van der Waals surface area contributed by atoms with E-state index in [1.54, 1.807) is 19.1 Å². The fraction of sp³-hybridized carbons (Fsp3) is 0.618. The summed E-state index contributed by atoms with van der Waals surface area (Å²) in [7, 11) is -3.86. The minimum atomic E-state index is -3.86. The number of hydrogen-bond donors (Lipinski definition) is 2. The van der Waals surface area contributed by atoms with Crippen molar-refractivity contribution < 1.29 is 23.1 Å². The molecule has 8 atom stereocenters. The number of aryl methyl sites for hydroxylation is 1. The topological polar surface area (TPSA) is 95.9 Å². The molecule has 0 aromatic heterocycles. The van der Waals surface area contributed by atoms with Crippen LogP contribution in [-0.4, -0.2) is 50.0 Å². The molecule has 0 saturated heterocycles. The van der Waals surface area contributed by atoms with Crippen molar-refractivity contribution in [3.8, 4) is 5.75 Å². The second-order valence-electron chi connectivity index (χ2n) is 14.4. The van der Waals surface area contributed by atoms with Gasteiger partial charge in [-0.15, -0.1) is 0 Å². The van der Waals surface area contributed by atoms with Crippen molar-refractivity contribution in [2.75, 3.05) is 24.6 Å². The van der Waals surface area contributed by atoms with E-state index in [0.717, 1.165) is 55.8 Å². The van der Waals surface area contributed by atoms with Gasteiger partial charge in [0, 0.05) is 29.1 Å². The molecule has 9 heteroatoms. The molecule has 43 heavy (non-hydrogen) atoms. The van der Waals surface area contributed by atoms with E-state index in [1.807, 2.05) is 19.1 Å². The molecule has 3 aliphatic carbocycles. The molecule has 2 aromatic carbocycles. The van der Waals surface area contributed by atoms with Gasteiger partial charge in [-0.2, -0.15) is 0 Å². The van der Waals surface area contributed by atoms with Crippen LogP contribution >= 0.6 is 11.6 Å². The van der Waals surface area contributed by atoms with E-state index >= 15 is 0 Å². The number of sulfonamides is 1. The summed E-state index contributed by atoms with van der Waals surface area (Å²) in [5.41, 5.74) is 2.59. The van der Waals surface area contributed by atoms with Crippen LogP contribution in [0.1, 0.15) is 80.8 Å². The Morgan fingerprint density at radius 2 is 1.91 bits per heavy atom. The van der Waals surface area contributed by atoms with E-state index in [9.17, 15) is 18.3 Å². The number of halogens is 1. The zero-order valence-corrected chi connectivity index (χ0v) is 26.9. The number of ether oxygens (including phenoxy) is 1. The molecule has 1 spiro atoms. The van der Waals surface area contributed by atoms with Crippen molar-refractivity contribution in [2.45, 2.75) is 82.0 Å². The lowest BCUT2D eigenvalue weighted by Gasteiger charge is -2.49. The average Bonchev–Trinajstić information content (AvgIpc) is 3.63. The highest BCUT2D eigenvalue weighted by Gasteiger charge is 2.61. The fourth-order valence-corrected chi connectivity index (χ4v) is 10.4. The van der Waals surface area contributed by atoms with Crippen molar-refractivity contribution in [3.63, 3.8) is 0 Å². The summed E-state index contributed by atoms with van der Waals surface area (Å²) in [5.74, 6) is 1.36. The molecule has 2 unspecified atom stereocenters. The first-order valence-corrected chi connectivity index (χ1v) is 17.9. The van der Waals surface area contributed by atoms with Gasteiger partial charge in [0.15, 0.2) is 0 Å². The quantitative estimate of drug-likeness (QED) is 0.389. The van der Waals surface area contributed by atoms with Crippen LogP contribution < -0.4 is 14.4 Å².